The highest BCUT2D eigenvalue weighted by Gasteiger charge is 2.04. The van der Waals surface area contributed by atoms with Gasteiger partial charge in [0.1, 0.15) is 0 Å². The molecule has 1 amide bonds. The van der Waals surface area contributed by atoms with Gasteiger partial charge in [-0.05, 0) is 30.2 Å². The summed E-state index contributed by atoms with van der Waals surface area (Å²) < 4.78 is 0.815. The van der Waals surface area contributed by atoms with E-state index in [2.05, 4.69) is 27.8 Å². The average Bonchev–Trinajstić information content (AvgIpc) is 2.26. The lowest BCUT2D eigenvalue weighted by atomic mass is 10.1. The number of amides is 1. The zero-order valence-corrected chi connectivity index (χ0v) is 11.3. The van der Waals surface area contributed by atoms with Crippen LogP contribution in [0.3, 0.4) is 0 Å². The quantitative estimate of drug-likeness (QED) is 0.840. The number of carboxylic acid groups (broad SMARTS) is 1. The van der Waals surface area contributed by atoms with Crippen LogP contribution < -0.4 is 5.32 Å². The molecule has 0 spiro atoms. The number of carboxylic acids is 1. The van der Waals surface area contributed by atoms with Gasteiger partial charge in [-0.1, -0.05) is 28.6 Å². The van der Waals surface area contributed by atoms with Crippen molar-refractivity contribution in [2.45, 2.75) is 6.92 Å². The minimum Gasteiger partial charge on any atom is -0.478 e. The molecular formula is C13H12BrNO3. The Bertz CT molecular complexity index is 535. The van der Waals surface area contributed by atoms with Crippen molar-refractivity contribution in [3.63, 3.8) is 0 Å². The second-order valence-electron chi connectivity index (χ2n) is 3.64. The summed E-state index contributed by atoms with van der Waals surface area (Å²) in [5.41, 5.74) is 2.44. The van der Waals surface area contributed by atoms with Gasteiger partial charge in [-0.2, -0.15) is 0 Å². The second kappa shape index (κ2) is 6.16. The van der Waals surface area contributed by atoms with Crippen LogP contribution in [-0.2, 0) is 9.59 Å². The van der Waals surface area contributed by atoms with E-state index in [9.17, 15) is 9.59 Å². The number of aliphatic carboxylic acids is 1. The van der Waals surface area contributed by atoms with Crippen LogP contribution in [0, 0.1) is 0 Å². The molecule has 1 aromatic carbocycles. The van der Waals surface area contributed by atoms with E-state index < -0.39 is 11.9 Å². The normalized spacial score (nSPS) is 10.3. The van der Waals surface area contributed by atoms with Gasteiger partial charge < -0.3 is 10.4 Å². The maximum atomic E-state index is 11.4. The summed E-state index contributed by atoms with van der Waals surface area (Å²) in [7, 11) is 0. The van der Waals surface area contributed by atoms with Crippen LogP contribution in [0.4, 0.5) is 5.69 Å². The number of anilines is 1. The summed E-state index contributed by atoms with van der Waals surface area (Å²) in [5, 5.41) is 10.9. The molecule has 5 heteroatoms. The maximum Gasteiger partial charge on any atom is 0.328 e. The highest BCUT2D eigenvalue weighted by atomic mass is 79.9. The van der Waals surface area contributed by atoms with Crippen LogP contribution in [0.25, 0.3) is 5.57 Å². The molecule has 0 aliphatic heterocycles. The number of allylic oxidation sites excluding steroid dienone is 1. The highest BCUT2D eigenvalue weighted by Crippen LogP contribution is 2.26. The van der Waals surface area contributed by atoms with Crippen molar-refractivity contribution < 1.29 is 14.7 Å². The van der Waals surface area contributed by atoms with E-state index in [1.54, 1.807) is 12.1 Å². The maximum absolute atomic E-state index is 11.4. The fourth-order valence-electron chi connectivity index (χ4n) is 1.27. The first-order valence-electron chi connectivity index (χ1n) is 5.07. The fraction of sp³-hybridized carbons (Fsp3) is 0.0769. The van der Waals surface area contributed by atoms with Crippen molar-refractivity contribution in [2.75, 3.05) is 5.32 Å². The molecule has 0 aliphatic carbocycles. The predicted molar refractivity (Wildman–Crippen MR) is 74.3 cm³/mol. The summed E-state index contributed by atoms with van der Waals surface area (Å²) in [6.07, 6.45) is 1.75. The Morgan fingerprint density at radius 3 is 2.56 bits per heavy atom. The van der Waals surface area contributed by atoms with E-state index in [4.69, 9.17) is 5.11 Å². The zero-order chi connectivity index (χ0) is 13.7. The second-order valence-corrected chi connectivity index (χ2v) is 4.49. The summed E-state index contributed by atoms with van der Waals surface area (Å²) in [5.74, 6) is -1.66. The number of nitrogens with one attached hydrogen (secondary N) is 1. The van der Waals surface area contributed by atoms with Gasteiger partial charge in [0.15, 0.2) is 0 Å². The lowest BCUT2D eigenvalue weighted by Crippen LogP contribution is -2.08. The van der Waals surface area contributed by atoms with Crippen molar-refractivity contribution in [3.8, 4) is 0 Å². The van der Waals surface area contributed by atoms with Crippen LogP contribution >= 0.6 is 15.9 Å². The molecule has 0 saturated heterocycles. The van der Waals surface area contributed by atoms with Crippen molar-refractivity contribution in [1.29, 1.82) is 0 Å². The van der Waals surface area contributed by atoms with E-state index in [1.807, 2.05) is 13.0 Å². The molecule has 0 bridgehead atoms. The number of benzene rings is 1. The highest BCUT2D eigenvalue weighted by molar-refractivity contribution is 9.10. The van der Waals surface area contributed by atoms with E-state index in [0.29, 0.717) is 5.69 Å². The van der Waals surface area contributed by atoms with Gasteiger partial charge in [0.25, 0.3) is 0 Å². The van der Waals surface area contributed by atoms with Crippen molar-refractivity contribution in [3.05, 3.63) is 47.0 Å². The zero-order valence-electron chi connectivity index (χ0n) is 9.74. The molecular weight excluding hydrogens is 298 g/mol. The van der Waals surface area contributed by atoms with Gasteiger partial charge in [0.2, 0.25) is 5.91 Å². The first kappa shape index (κ1) is 14.2. The molecule has 0 radical (unpaired) electrons. The number of hydrogen-bond donors (Lipinski definition) is 2. The molecule has 0 unspecified atom stereocenters. The van der Waals surface area contributed by atoms with Crippen molar-refractivity contribution in [2.24, 2.45) is 0 Å². The molecule has 0 fully saturated rings. The Kier molecular flexibility index (Phi) is 4.85. The Morgan fingerprint density at radius 2 is 2.06 bits per heavy atom. The first-order chi connectivity index (χ1) is 8.40. The van der Waals surface area contributed by atoms with Crippen LogP contribution in [0.2, 0.25) is 0 Å². The lowest BCUT2D eigenvalue weighted by molar-refractivity contribution is -0.131. The Balaban J connectivity index is 2.81. The van der Waals surface area contributed by atoms with Gasteiger partial charge >= 0.3 is 5.97 Å². The minimum atomic E-state index is -1.16. The van der Waals surface area contributed by atoms with Crippen LogP contribution in [-0.4, -0.2) is 17.0 Å². The van der Waals surface area contributed by atoms with E-state index >= 15 is 0 Å². The molecule has 2 N–H and O–H groups in total. The third-order valence-electron chi connectivity index (χ3n) is 2.07. The van der Waals surface area contributed by atoms with Crippen molar-refractivity contribution in [1.82, 2.24) is 0 Å². The molecule has 0 aromatic heterocycles. The number of halogens is 1. The van der Waals surface area contributed by atoms with Gasteiger partial charge in [-0.3, -0.25) is 4.79 Å². The standard InChI is InChI=1S/C13H12BrNO3/c1-8(2)10-4-3-9(7-11(10)14)15-12(16)5-6-13(17)18/h3-7H,1H2,2H3,(H,15,16)(H,17,18). The Labute approximate surface area is 113 Å². The number of rotatable bonds is 4. The minimum absolute atomic E-state index is 0.493. The summed E-state index contributed by atoms with van der Waals surface area (Å²) in [6, 6.07) is 5.28. The first-order valence-corrected chi connectivity index (χ1v) is 5.87. The Hall–Kier alpha value is -1.88. The molecule has 1 aromatic rings. The van der Waals surface area contributed by atoms with Gasteiger partial charge in [0.05, 0.1) is 0 Å². The largest absolute Gasteiger partial charge is 0.478 e. The molecule has 94 valence electrons. The third kappa shape index (κ3) is 4.18. The molecule has 18 heavy (non-hydrogen) atoms. The topological polar surface area (TPSA) is 66.4 Å². The molecule has 0 aliphatic rings. The SMILES string of the molecule is C=C(C)c1ccc(NC(=O)C=CC(=O)O)cc1Br. The van der Waals surface area contributed by atoms with E-state index in [-0.39, 0.29) is 0 Å². The number of hydrogen-bond acceptors (Lipinski definition) is 2. The fourth-order valence-corrected chi connectivity index (χ4v) is 1.99. The predicted octanol–water partition coefficient (Wildman–Crippen LogP) is 3.06. The van der Waals surface area contributed by atoms with Crippen LogP contribution in [0.1, 0.15) is 12.5 Å². The average molecular weight is 310 g/mol. The molecule has 1 rings (SSSR count). The molecule has 0 saturated carbocycles. The number of carbonyl (C=O) groups excluding carboxylic acids is 1. The smallest absolute Gasteiger partial charge is 0.328 e. The van der Waals surface area contributed by atoms with Gasteiger partial charge in [-0.25, -0.2) is 4.79 Å². The molecule has 0 heterocycles. The summed E-state index contributed by atoms with van der Waals surface area (Å²) in [4.78, 5) is 21.6. The monoisotopic (exact) mass is 309 g/mol. The summed E-state index contributed by atoms with van der Waals surface area (Å²) in [6.45, 7) is 5.71. The lowest BCUT2D eigenvalue weighted by Gasteiger charge is -2.07. The molecule has 4 nitrogen and oxygen atoms in total. The van der Waals surface area contributed by atoms with Gasteiger partial charge in [-0.15, -0.1) is 0 Å². The Morgan fingerprint density at radius 1 is 1.39 bits per heavy atom. The molecule has 0 atom stereocenters. The number of carbonyl (C=O) groups is 2. The van der Waals surface area contributed by atoms with Crippen LogP contribution in [0.15, 0.2) is 41.4 Å². The summed E-state index contributed by atoms with van der Waals surface area (Å²) >= 11 is 3.38. The van der Waals surface area contributed by atoms with Crippen molar-refractivity contribution >= 4 is 39.1 Å². The van der Waals surface area contributed by atoms with Crippen LogP contribution in [0.5, 0.6) is 0 Å². The third-order valence-corrected chi connectivity index (χ3v) is 2.73. The van der Waals surface area contributed by atoms with E-state index in [0.717, 1.165) is 27.8 Å². The van der Waals surface area contributed by atoms with Gasteiger partial charge in [0, 0.05) is 22.3 Å². The van der Waals surface area contributed by atoms with E-state index in [1.165, 1.54) is 0 Å².